The number of ether oxygens (including phenoxy) is 3. The van der Waals surface area contributed by atoms with E-state index in [9.17, 15) is 9.59 Å². The molecule has 0 radical (unpaired) electrons. The highest BCUT2D eigenvalue weighted by Gasteiger charge is 2.36. The maximum absolute atomic E-state index is 14.2. The SMILES string of the molecule is CCCC1=C(C(=O)OCC)[C@@H](c2cc(Cl)ccc2OC)n2c(s/c(=C/c3ccccc3OCc3ccc(C#N)cc3)c2=O)=N1. The summed E-state index contributed by atoms with van der Waals surface area (Å²) in [6, 6.07) is 21.0. The van der Waals surface area contributed by atoms with Gasteiger partial charge in [0.2, 0.25) is 0 Å². The van der Waals surface area contributed by atoms with Crippen LogP contribution in [0.25, 0.3) is 6.08 Å². The lowest BCUT2D eigenvalue weighted by Crippen LogP contribution is -2.40. The molecule has 0 aliphatic carbocycles. The molecule has 1 atom stereocenters. The monoisotopic (exact) mass is 627 g/mol. The highest BCUT2D eigenvalue weighted by molar-refractivity contribution is 7.07. The van der Waals surface area contributed by atoms with Gasteiger partial charge < -0.3 is 14.2 Å². The number of allylic oxidation sites excluding steroid dienone is 1. The summed E-state index contributed by atoms with van der Waals surface area (Å²) in [6.07, 6.45) is 3.03. The van der Waals surface area contributed by atoms with Gasteiger partial charge in [0.05, 0.1) is 41.2 Å². The molecule has 0 amide bonds. The number of fused-ring (bicyclic) bond motifs is 1. The number of carbonyl (C=O) groups is 1. The number of para-hydroxylation sites is 1. The van der Waals surface area contributed by atoms with Crippen molar-refractivity contribution in [1.29, 1.82) is 5.26 Å². The topological polar surface area (TPSA) is 103 Å². The van der Waals surface area contributed by atoms with Crippen LogP contribution in [0.15, 0.2) is 87.8 Å². The van der Waals surface area contributed by atoms with Gasteiger partial charge in [-0.05, 0) is 61.4 Å². The molecule has 3 aromatic carbocycles. The van der Waals surface area contributed by atoms with Crippen LogP contribution in [0.2, 0.25) is 5.02 Å². The lowest BCUT2D eigenvalue weighted by molar-refractivity contribution is -0.139. The van der Waals surface area contributed by atoms with Gasteiger partial charge in [0.1, 0.15) is 24.1 Å². The lowest BCUT2D eigenvalue weighted by atomic mass is 9.93. The largest absolute Gasteiger partial charge is 0.496 e. The fraction of sp³-hybridized carbons (Fsp3) is 0.235. The molecule has 0 saturated heterocycles. The van der Waals surface area contributed by atoms with Crippen molar-refractivity contribution in [2.75, 3.05) is 13.7 Å². The average molecular weight is 628 g/mol. The molecule has 0 spiro atoms. The minimum absolute atomic E-state index is 0.171. The summed E-state index contributed by atoms with van der Waals surface area (Å²) in [7, 11) is 1.53. The fourth-order valence-corrected chi connectivity index (χ4v) is 6.23. The number of nitrogens with zero attached hydrogens (tertiary/aromatic N) is 3. The van der Waals surface area contributed by atoms with Crippen molar-refractivity contribution in [3.63, 3.8) is 0 Å². The maximum Gasteiger partial charge on any atom is 0.338 e. The molecule has 0 fully saturated rings. The first-order valence-corrected chi connectivity index (χ1v) is 15.3. The molecule has 44 heavy (non-hydrogen) atoms. The van der Waals surface area contributed by atoms with Crippen LogP contribution in [-0.4, -0.2) is 24.3 Å². The van der Waals surface area contributed by atoms with Gasteiger partial charge in [-0.3, -0.25) is 9.36 Å². The van der Waals surface area contributed by atoms with Gasteiger partial charge in [-0.2, -0.15) is 5.26 Å². The highest BCUT2D eigenvalue weighted by Crippen LogP contribution is 2.38. The van der Waals surface area contributed by atoms with Crippen LogP contribution in [0.4, 0.5) is 0 Å². The Labute approximate surface area is 263 Å². The summed E-state index contributed by atoms with van der Waals surface area (Å²) in [4.78, 5) is 32.9. The molecule has 0 N–H and O–H groups in total. The van der Waals surface area contributed by atoms with Crippen molar-refractivity contribution >= 4 is 35.0 Å². The molecular weight excluding hydrogens is 598 g/mol. The second-order valence-electron chi connectivity index (χ2n) is 9.94. The van der Waals surface area contributed by atoms with Gasteiger partial charge in [0.15, 0.2) is 4.80 Å². The van der Waals surface area contributed by atoms with Gasteiger partial charge in [-0.25, -0.2) is 9.79 Å². The number of benzene rings is 3. The van der Waals surface area contributed by atoms with Crippen LogP contribution >= 0.6 is 22.9 Å². The Hall–Kier alpha value is -4.65. The van der Waals surface area contributed by atoms with E-state index >= 15 is 0 Å². The van der Waals surface area contributed by atoms with E-state index in [4.69, 9.17) is 36.1 Å². The van der Waals surface area contributed by atoms with E-state index in [0.29, 0.717) is 60.2 Å². The number of esters is 1. The summed E-state index contributed by atoms with van der Waals surface area (Å²) < 4.78 is 19.2. The molecule has 1 aliphatic rings. The number of methoxy groups -OCH3 is 1. The van der Waals surface area contributed by atoms with Crippen molar-refractivity contribution in [3.8, 4) is 17.6 Å². The molecule has 2 heterocycles. The molecule has 5 rings (SSSR count). The Morgan fingerprint density at radius 2 is 1.89 bits per heavy atom. The van der Waals surface area contributed by atoms with Gasteiger partial charge in [-0.1, -0.05) is 66.6 Å². The van der Waals surface area contributed by atoms with Crippen LogP contribution < -0.4 is 24.4 Å². The van der Waals surface area contributed by atoms with Crippen LogP contribution in [0, 0.1) is 11.3 Å². The molecule has 8 nitrogen and oxygen atoms in total. The summed E-state index contributed by atoms with van der Waals surface area (Å²) in [5.41, 5.74) is 3.29. The predicted molar refractivity (Wildman–Crippen MR) is 170 cm³/mol. The van der Waals surface area contributed by atoms with Crippen molar-refractivity contribution in [2.45, 2.75) is 39.3 Å². The molecule has 1 aromatic heterocycles. The second-order valence-corrected chi connectivity index (χ2v) is 11.4. The van der Waals surface area contributed by atoms with E-state index < -0.39 is 12.0 Å². The molecule has 0 unspecified atom stereocenters. The minimum atomic E-state index is -0.856. The van der Waals surface area contributed by atoms with Crippen LogP contribution in [0.5, 0.6) is 11.5 Å². The zero-order valence-electron chi connectivity index (χ0n) is 24.5. The van der Waals surface area contributed by atoms with Crippen LogP contribution in [0.3, 0.4) is 0 Å². The molecule has 0 bridgehead atoms. The lowest BCUT2D eigenvalue weighted by Gasteiger charge is -2.27. The van der Waals surface area contributed by atoms with Gasteiger partial charge in [-0.15, -0.1) is 0 Å². The molecule has 1 aliphatic heterocycles. The number of nitriles is 1. The Morgan fingerprint density at radius 1 is 1.11 bits per heavy atom. The summed E-state index contributed by atoms with van der Waals surface area (Å²) >= 11 is 7.67. The first-order chi connectivity index (χ1) is 21.4. The average Bonchev–Trinajstić information content (AvgIpc) is 3.34. The molecule has 0 saturated carbocycles. The Morgan fingerprint density at radius 3 is 2.59 bits per heavy atom. The zero-order valence-corrected chi connectivity index (χ0v) is 26.1. The van der Waals surface area contributed by atoms with Crippen molar-refractivity contribution in [3.05, 3.63) is 125 Å². The van der Waals surface area contributed by atoms with Crippen molar-refractivity contribution in [2.24, 2.45) is 4.99 Å². The molecule has 224 valence electrons. The highest BCUT2D eigenvalue weighted by atomic mass is 35.5. The first kappa shape index (κ1) is 30.8. The first-order valence-electron chi connectivity index (χ1n) is 14.1. The summed E-state index contributed by atoms with van der Waals surface area (Å²) in [6.45, 7) is 4.20. The Balaban J connectivity index is 1.65. The zero-order chi connectivity index (χ0) is 31.2. The van der Waals surface area contributed by atoms with E-state index in [1.807, 2.05) is 43.3 Å². The predicted octanol–water partition coefficient (Wildman–Crippen LogP) is 5.69. The van der Waals surface area contributed by atoms with E-state index in [1.165, 1.54) is 23.0 Å². The number of rotatable bonds is 10. The maximum atomic E-state index is 14.2. The van der Waals surface area contributed by atoms with Crippen molar-refractivity contribution < 1.29 is 19.0 Å². The number of hydrogen-bond donors (Lipinski definition) is 0. The smallest absolute Gasteiger partial charge is 0.338 e. The summed E-state index contributed by atoms with van der Waals surface area (Å²) in [5, 5.41) is 9.50. The third kappa shape index (κ3) is 6.32. The van der Waals surface area contributed by atoms with Crippen LogP contribution in [0.1, 0.15) is 55.0 Å². The Kier molecular flexibility index (Phi) is 9.63. The standard InChI is InChI=1S/C34H30ClN3O5S/c1-4-8-26-30(33(40)42-5-2)31(25-18-24(35)15-16-28(25)41-3)38-32(39)29(44-34(38)37-26)17-23-9-6-7-10-27(23)43-20-22-13-11-21(19-36)12-14-22/h6-7,9-18,31H,4-5,8,20H2,1-3H3/b29-17+/t31-/m1/s1. The van der Waals surface area contributed by atoms with E-state index in [2.05, 4.69) is 6.07 Å². The Bertz CT molecular complexity index is 1950. The van der Waals surface area contributed by atoms with E-state index in [-0.39, 0.29) is 18.8 Å². The second kappa shape index (κ2) is 13.8. The molecule has 10 heteroatoms. The summed E-state index contributed by atoms with van der Waals surface area (Å²) in [5.74, 6) is 0.535. The number of hydrogen-bond acceptors (Lipinski definition) is 8. The third-order valence-corrected chi connectivity index (χ3v) is 8.28. The third-order valence-electron chi connectivity index (χ3n) is 7.06. The van der Waals surface area contributed by atoms with E-state index in [1.54, 1.807) is 43.3 Å². The normalized spacial score (nSPS) is 14.4. The van der Waals surface area contributed by atoms with E-state index in [0.717, 1.165) is 12.0 Å². The number of aromatic nitrogens is 1. The quantitative estimate of drug-likeness (QED) is 0.209. The minimum Gasteiger partial charge on any atom is -0.496 e. The fourth-order valence-electron chi connectivity index (χ4n) is 5.04. The van der Waals surface area contributed by atoms with Gasteiger partial charge >= 0.3 is 5.97 Å². The number of carbonyl (C=O) groups excluding carboxylic acids is 1. The van der Waals surface area contributed by atoms with Gasteiger partial charge in [0, 0.05) is 16.1 Å². The van der Waals surface area contributed by atoms with Crippen LogP contribution in [-0.2, 0) is 16.1 Å². The van der Waals surface area contributed by atoms with Gasteiger partial charge in [0.25, 0.3) is 5.56 Å². The van der Waals surface area contributed by atoms with Crippen molar-refractivity contribution in [1.82, 2.24) is 4.57 Å². The number of halogens is 1. The number of thiazole rings is 1. The molecule has 4 aromatic rings. The molecular formula is C34H30ClN3O5S.